The summed E-state index contributed by atoms with van der Waals surface area (Å²) in [5, 5.41) is 25.3. The topological polar surface area (TPSA) is 171 Å². The molecule has 0 amide bonds. The van der Waals surface area contributed by atoms with E-state index in [1.807, 2.05) is 4.72 Å². The highest BCUT2D eigenvalue weighted by atomic mass is 32.2. The van der Waals surface area contributed by atoms with Crippen molar-refractivity contribution in [2.45, 2.75) is 37.5 Å². The summed E-state index contributed by atoms with van der Waals surface area (Å²) in [5.41, 5.74) is 0.856. The minimum Gasteiger partial charge on any atom is -0.392 e. The van der Waals surface area contributed by atoms with Crippen molar-refractivity contribution < 1.29 is 33.0 Å². The predicted molar refractivity (Wildman–Crippen MR) is 118 cm³/mol. The van der Waals surface area contributed by atoms with Crippen LogP contribution in [0, 0.1) is 0 Å². The Morgan fingerprint density at radius 1 is 1.00 bits per heavy atom. The Kier molecular flexibility index (Phi) is 12.3. The normalized spacial score (nSPS) is 14.7. The molecule has 0 saturated carbocycles. The van der Waals surface area contributed by atoms with Crippen LogP contribution in [0.25, 0.3) is 0 Å². The lowest BCUT2D eigenvalue weighted by Gasteiger charge is -2.24. The standard InChI is InChI=1S/C18H35N4O7PS/c1-15(23)11-19-7-9-22(13-16(2)24)10-8-20-12-17-3-5-18(6-4-17)31(28,29)21-14-30(25,26)27/h3-6,15-16,19-21,23-24H,7-14H2,1-2H3,(H2,25,26,27)/t15-,16-/m0/s1. The first-order chi connectivity index (χ1) is 14.4. The largest absolute Gasteiger partial charge is 0.392 e. The number of sulfonamides is 1. The molecule has 1 aromatic rings. The van der Waals surface area contributed by atoms with Gasteiger partial charge in [0.1, 0.15) is 6.29 Å². The molecule has 2 atom stereocenters. The van der Waals surface area contributed by atoms with Gasteiger partial charge in [0.25, 0.3) is 0 Å². The lowest BCUT2D eigenvalue weighted by atomic mass is 10.2. The van der Waals surface area contributed by atoms with E-state index in [0.717, 1.165) is 12.1 Å². The molecule has 0 aromatic heterocycles. The van der Waals surface area contributed by atoms with Crippen LogP contribution in [0.15, 0.2) is 29.2 Å². The molecule has 0 fully saturated rings. The molecular weight excluding hydrogens is 447 g/mol. The van der Waals surface area contributed by atoms with Gasteiger partial charge in [-0.15, -0.1) is 0 Å². The molecule has 7 N–H and O–H groups in total. The van der Waals surface area contributed by atoms with E-state index in [0.29, 0.717) is 39.3 Å². The number of aliphatic hydroxyl groups excluding tert-OH is 2. The molecule has 0 saturated heterocycles. The summed E-state index contributed by atoms with van der Waals surface area (Å²) in [6.45, 7) is 7.80. The molecule has 0 bridgehead atoms. The average molecular weight is 483 g/mol. The third-order valence-corrected chi connectivity index (χ3v) is 6.40. The summed E-state index contributed by atoms with van der Waals surface area (Å²) < 4.78 is 36.8. The highest BCUT2D eigenvalue weighted by molar-refractivity contribution is 7.89. The van der Waals surface area contributed by atoms with Crippen LogP contribution < -0.4 is 15.4 Å². The first-order valence-corrected chi connectivity index (χ1v) is 13.3. The van der Waals surface area contributed by atoms with Gasteiger partial charge in [-0.2, -0.15) is 4.72 Å². The van der Waals surface area contributed by atoms with Crippen LogP contribution in [0.2, 0.25) is 0 Å². The van der Waals surface area contributed by atoms with Gasteiger partial charge in [-0.25, -0.2) is 8.42 Å². The number of nitrogens with one attached hydrogen (secondary N) is 3. The highest BCUT2D eigenvalue weighted by Crippen LogP contribution is 2.32. The first-order valence-electron chi connectivity index (χ1n) is 10.0. The number of nitrogens with zero attached hydrogens (tertiary/aromatic N) is 1. The van der Waals surface area contributed by atoms with Crippen molar-refractivity contribution in [2.24, 2.45) is 0 Å². The van der Waals surface area contributed by atoms with E-state index in [-0.39, 0.29) is 4.90 Å². The molecule has 0 heterocycles. The molecule has 180 valence electrons. The van der Waals surface area contributed by atoms with Gasteiger partial charge in [0, 0.05) is 45.8 Å². The molecule has 11 nitrogen and oxygen atoms in total. The van der Waals surface area contributed by atoms with Gasteiger partial charge < -0.3 is 30.6 Å². The Balaban J connectivity index is 2.45. The molecule has 0 unspecified atom stereocenters. The SMILES string of the molecule is C[C@H](O)CNCCN(CCNCc1ccc(S(=O)(=O)NCP(=O)(O)O)cc1)C[C@H](C)O. The van der Waals surface area contributed by atoms with Crippen LogP contribution in [0.3, 0.4) is 0 Å². The van der Waals surface area contributed by atoms with E-state index in [9.17, 15) is 23.2 Å². The fourth-order valence-electron chi connectivity index (χ4n) is 2.72. The molecule has 1 aromatic carbocycles. The number of rotatable bonds is 16. The van der Waals surface area contributed by atoms with Crippen molar-refractivity contribution in [3.05, 3.63) is 29.8 Å². The molecular formula is C18H35N4O7PS. The van der Waals surface area contributed by atoms with Crippen molar-refractivity contribution in [1.82, 2.24) is 20.3 Å². The van der Waals surface area contributed by atoms with Gasteiger partial charge >= 0.3 is 7.60 Å². The molecule has 31 heavy (non-hydrogen) atoms. The van der Waals surface area contributed by atoms with E-state index < -0.39 is 36.1 Å². The van der Waals surface area contributed by atoms with Crippen LogP contribution >= 0.6 is 7.60 Å². The first kappa shape index (κ1) is 28.1. The average Bonchev–Trinajstić information content (AvgIpc) is 2.66. The van der Waals surface area contributed by atoms with Gasteiger partial charge in [-0.05, 0) is 31.5 Å². The Bertz CT molecular complexity index is 785. The van der Waals surface area contributed by atoms with Gasteiger partial charge in [0.2, 0.25) is 10.0 Å². The second-order valence-corrected chi connectivity index (χ2v) is 10.9. The molecule has 0 spiro atoms. The van der Waals surface area contributed by atoms with Crippen molar-refractivity contribution in [1.29, 1.82) is 0 Å². The zero-order chi connectivity index (χ0) is 23.5. The van der Waals surface area contributed by atoms with Gasteiger partial charge in [-0.3, -0.25) is 9.46 Å². The summed E-state index contributed by atoms with van der Waals surface area (Å²) in [4.78, 5) is 19.6. The maximum absolute atomic E-state index is 12.0. The van der Waals surface area contributed by atoms with E-state index in [4.69, 9.17) is 9.79 Å². The number of aliphatic hydroxyl groups is 2. The summed E-state index contributed by atoms with van der Waals surface area (Å²) in [6.07, 6.45) is -1.81. The lowest BCUT2D eigenvalue weighted by Crippen LogP contribution is -2.41. The maximum atomic E-state index is 12.0. The molecule has 0 aliphatic heterocycles. The summed E-state index contributed by atoms with van der Waals surface area (Å²) in [5.74, 6) is 0. The quantitative estimate of drug-likeness (QED) is 0.113. The van der Waals surface area contributed by atoms with Gasteiger partial charge in [0.15, 0.2) is 0 Å². The third kappa shape index (κ3) is 13.3. The number of benzene rings is 1. The summed E-state index contributed by atoms with van der Waals surface area (Å²) >= 11 is 0. The van der Waals surface area contributed by atoms with Gasteiger partial charge in [0.05, 0.1) is 17.1 Å². The third-order valence-electron chi connectivity index (χ3n) is 4.20. The number of hydrogen-bond acceptors (Lipinski definition) is 8. The monoisotopic (exact) mass is 482 g/mol. The fraction of sp³-hybridized carbons (Fsp3) is 0.667. The summed E-state index contributed by atoms with van der Waals surface area (Å²) in [7, 11) is -8.47. The van der Waals surface area contributed by atoms with Crippen molar-refractivity contribution in [3.8, 4) is 0 Å². The van der Waals surface area contributed by atoms with Crippen LogP contribution in [0.4, 0.5) is 0 Å². The molecule has 0 aliphatic rings. The maximum Gasteiger partial charge on any atom is 0.340 e. The van der Waals surface area contributed by atoms with Gasteiger partial charge in [-0.1, -0.05) is 12.1 Å². The van der Waals surface area contributed by atoms with E-state index in [1.54, 1.807) is 26.0 Å². The van der Waals surface area contributed by atoms with E-state index >= 15 is 0 Å². The second kappa shape index (κ2) is 13.6. The Morgan fingerprint density at radius 3 is 2.10 bits per heavy atom. The molecule has 1 rings (SSSR count). The van der Waals surface area contributed by atoms with Crippen LogP contribution in [0.1, 0.15) is 19.4 Å². The molecule has 0 radical (unpaired) electrons. The molecule has 13 heteroatoms. The van der Waals surface area contributed by atoms with Crippen molar-refractivity contribution in [2.75, 3.05) is 45.6 Å². The Hall–Kier alpha value is -0.920. The van der Waals surface area contributed by atoms with Crippen LogP contribution in [-0.4, -0.2) is 91.1 Å². The lowest BCUT2D eigenvalue weighted by molar-refractivity contribution is 0.125. The van der Waals surface area contributed by atoms with Crippen molar-refractivity contribution in [3.63, 3.8) is 0 Å². The minimum atomic E-state index is -4.48. The fourth-order valence-corrected chi connectivity index (χ4v) is 4.74. The predicted octanol–water partition coefficient (Wildman–Crippen LogP) is -1.16. The molecule has 0 aliphatic carbocycles. The minimum absolute atomic E-state index is 0.0718. The van der Waals surface area contributed by atoms with Crippen LogP contribution in [-0.2, 0) is 21.1 Å². The zero-order valence-corrected chi connectivity index (χ0v) is 19.6. The second-order valence-electron chi connectivity index (χ2n) is 7.49. The van der Waals surface area contributed by atoms with E-state index in [2.05, 4.69) is 15.5 Å². The van der Waals surface area contributed by atoms with Crippen LogP contribution in [0.5, 0.6) is 0 Å². The number of hydrogen-bond donors (Lipinski definition) is 7. The summed E-state index contributed by atoms with van der Waals surface area (Å²) in [6, 6.07) is 6.03. The smallest absolute Gasteiger partial charge is 0.340 e. The van der Waals surface area contributed by atoms with E-state index in [1.165, 1.54) is 12.1 Å². The Morgan fingerprint density at radius 2 is 1.58 bits per heavy atom. The van der Waals surface area contributed by atoms with Crippen molar-refractivity contribution >= 4 is 17.6 Å². The zero-order valence-electron chi connectivity index (χ0n) is 17.9. The Labute approximate surface area is 184 Å². The highest BCUT2D eigenvalue weighted by Gasteiger charge is 2.20.